The quantitative estimate of drug-likeness (QED) is 0.471. The first kappa shape index (κ1) is 18.2. The van der Waals surface area contributed by atoms with Crippen molar-refractivity contribution in [3.05, 3.63) is 75.5 Å². The fourth-order valence-electron chi connectivity index (χ4n) is 3.78. The molecule has 1 fully saturated rings. The highest BCUT2D eigenvalue weighted by Gasteiger charge is 2.27. The van der Waals surface area contributed by atoms with Crippen LogP contribution in [0, 0.1) is 10.1 Å². The van der Waals surface area contributed by atoms with Crippen molar-refractivity contribution in [2.75, 3.05) is 0 Å². The number of aromatic nitrogens is 1. The lowest BCUT2D eigenvalue weighted by atomic mass is 9.87. The van der Waals surface area contributed by atoms with Crippen molar-refractivity contribution < 1.29 is 9.72 Å². The van der Waals surface area contributed by atoms with Gasteiger partial charge in [-0.2, -0.15) is 0 Å². The number of H-pyrrole nitrogens is 1. The van der Waals surface area contributed by atoms with E-state index in [1.807, 2.05) is 24.4 Å². The maximum Gasteiger partial charge on any atom is 0.269 e. The first-order valence-corrected chi connectivity index (χ1v) is 9.69. The fraction of sp³-hybridized carbons (Fsp3) is 0.318. The minimum absolute atomic E-state index is 0.0139. The number of benzene rings is 2. The number of amides is 1. The Hall–Kier alpha value is -3.15. The fourth-order valence-corrected chi connectivity index (χ4v) is 3.78. The second kappa shape index (κ2) is 7.46. The van der Waals surface area contributed by atoms with E-state index in [0.717, 1.165) is 41.3 Å². The number of aromatic amines is 1. The van der Waals surface area contributed by atoms with Crippen molar-refractivity contribution in [2.24, 2.45) is 0 Å². The normalized spacial score (nSPS) is 14.8. The summed E-state index contributed by atoms with van der Waals surface area (Å²) in [5.41, 5.74) is 4.10. The Morgan fingerprint density at radius 2 is 2.07 bits per heavy atom. The third-order valence-electron chi connectivity index (χ3n) is 5.41. The molecule has 0 spiro atoms. The molecular weight excluding hydrogens is 354 g/mol. The lowest BCUT2D eigenvalue weighted by Gasteiger charge is -2.17. The van der Waals surface area contributed by atoms with Gasteiger partial charge in [-0.05, 0) is 36.0 Å². The average molecular weight is 377 g/mol. The van der Waals surface area contributed by atoms with Crippen molar-refractivity contribution in [3.63, 3.8) is 0 Å². The first-order valence-electron chi connectivity index (χ1n) is 9.69. The number of hydrogen-bond acceptors (Lipinski definition) is 3. The molecule has 1 aromatic heterocycles. The number of para-hydroxylation sites is 1. The lowest BCUT2D eigenvalue weighted by molar-refractivity contribution is -0.384. The monoisotopic (exact) mass is 377 g/mol. The number of nitro benzene ring substituents is 1. The van der Waals surface area contributed by atoms with Crippen LogP contribution in [0.1, 0.15) is 48.8 Å². The molecule has 4 rings (SSSR count). The van der Waals surface area contributed by atoms with E-state index < -0.39 is 4.92 Å². The Bertz CT molecular complexity index is 1040. The van der Waals surface area contributed by atoms with E-state index in [9.17, 15) is 14.9 Å². The van der Waals surface area contributed by atoms with Gasteiger partial charge in [0.05, 0.1) is 4.92 Å². The number of nitrogens with zero attached hydrogens (tertiary/aromatic N) is 1. The Morgan fingerprint density at radius 3 is 2.79 bits per heavy atom. The number of hydrogen-bond donors (Lipinski definition) is 2. The number of carbonyl (C=O) groups excluding carboxylic acids is 1. The van der Waals surface area contributed by atoms with E-state index in [1.165, 1.54) is 11.6 Å². The van der Waals surface area contributed by atoms with Gasteiger partial charge in [0.2, 0.25) is 5.91 Å². The van der Waals surface area contributed by atoms with E-state index in [4.69, 9.17) is 0 Å². The average Bonchev–Trinajstić information content (AvgIpc) is 3.41. The summed E-state index contributed by atoms with van der Waals surface area (Å²) < 4.78 is 0. The van der Waals surface area contributed by atoms with Crippen LogP contribution < -0.4 is 5.32 Å². The number of aryl methyl sites for hydroxylation is 1. The Morgan fingerprint density at radius 1 is 1.29 bits per heavy atom. The Kier molecular flexibility index (Phi) is 4.86. The van der Waals surface area contributed by atoms with Crippen LogP contribution in [0.4, 0.5) is 5.69 Å². The summed E-state index contributed by atoms with van der Waals surface area (Å²) in [5.74, 6) is -0.264. The highest BCUT2D eigenvalue weighted by Crippen LogP contribution is 2.36. The molecule has 1 atom stereocenters. The smallest absolute Gasteiger partial charge is 0.269 e. The largest absolute Gasteiger partial charge is 0.361 e. The van der Waals surface area contributed by atoms with Gasteiger partial charge in [0.1, 0.15) is 0 Å². The number of rotatable bonds is 7. The molecule has 0 saturated heterocycles. The molecule has 6 heteroatoms. The zero-order valence-corrected chi connectivity index (χ0v) is 15.8. The number of non-ortho nitro benzene ring substituents is 1. The molecule has 144 valence electrons. The van der Waals surface area contributed by atoms with E-state index in [2.05, 4.69) is 23.3 Å². The molecule has 2 aromatic carbocycles. The topological polar surface area (TPSA) is 88.0 Å². The van der Waals surface area contributed by atoms with Gasteiger partial charge in [0.15, 0.2) is 0 Å². The van der Waals surface area contributed by atoms with E-state index in [0.29, 0.717) is 0 Å². The molecule has 28 heavy (non-hydrogen) atoms. The second-order valence-corrected chi connectivity index (χ2v) is 7.39. The molecule has 0 aliphatic heterocycles. The van der Waals surface area contributed by atoms with Gasteiger partial charge in [0, 0.05) is 47.6 Å². The maximum absolute atomic E-state index is 12.6. The van der Waals surface area contributed by atoms with Crippen molar-refractivity contribution in [1.29, 1.82) is 0 Å². The van der Waals surface area contributed by atoms with E-state index in [1.54, 1.807) is 12.1 Å². The molecule has 0 radical (unpaired) electrons. The zero-order valence-electron chi connectivity index (χ0n) is 15.8. The Labute approximate surface area is 163 Å². The Balaban J connectivity index is 1.77. The maximum atomic E-state index is 12.6. The predicted octanol–water partition coefficient (Wildman–Crippen LogP) is 4.44. The minimum Gasteiger partial charge on any atom is -0.361 e. The first-order chi connectivity index (χ1) is 13.6. The van der Waals surface area contributed by atoms with Gasteiger partial charge in [-0.3, -0.25) is 14.9 Å². The number of carbonyl (C=O) groups is 1. The van der Waals surface area contributed by atoms with Gasteiger partial charge in [-0.25, -0.2) is 0 Å². The van der Waals surface area contributed by atoms with Crippen molar-refractivity contribution >= 4 is 22.5 Å². The summed E-state index contributed by atoms with van der Waals surface area (Å²) in [7, 11) is 0. The summed E-state index contributed by atoms with van der Waals surface area (Å²) >= 11 is 0. The van der Waals surface area contributed by atoms with Crippen LogP contribution in [0.15, 0.2) is 48.7 Å². The van der Waals surface area contributed by atoms with Crippen LogP contribution >= 0.6 is 0 Å². The van der Waals surface area contributed by atoms with Crippen molar-refractivity contribution in [3.8, 4) is 0 Å². The van der Waals surface area contributed by atoms with Gasteiger partial charge in [-0.15, -0.1) is 0 Å². The highest BCUT2D eigenvalue weighted by molar-refractivity contribution is 5.88. The lowest BCUT2D eigenvalue weighted by Crippen LogP contribution is -2.27. The molecule has 1 aliphatic carbocycles. The van der Waals surface area contributed by atoms with Crippen LogP contribution in [0.3, 0.4) is 0 Å². The second-order valence-electron chi connectivity index (χ2n) is 7.39. The molecule has 1 heterocycles. The molecule has 2 N–H and O–H groups in total. The number of fused-ring (bicyclic) bond motifs is 1. The third-order valence-corrected chi connectivity index (χ3v) is 5.41. The van der Waals surface area contributed by atoms with E-state index >= 15 is 0 Å². The van der Waals surface area contributed by atoms with Crippen molar-refractivity contribution in [2.45, 2.75) is 44.6 Å². The van der Waals surface area contributed by atoms with Gasteiger partial charge >= 0.3 is 0 Å². The highest BCUT2D eigenvalue weighted by atomic mass is 16.6. The molecule has 0 bridgehead atoms. The minimum atomic E-state index is -0.394. The van der Waals surface area contributed by atoms with E-state index in [-0.39, 0.29) is 30.0 Å². The molecular formula is C22H23N3O3. The molecule has 1 amide bonds. The van der Waals surface area contributed by atoms with Crippen LogP contribution in [0.2, 0.25) is 0 Å². The summed E-state index contributed by atoms with van der Waals surface area (Å²) in [6.45, 7) is 2.11. The molecule has 1 saturated carbocycles. The van der Waals surface area contributed by atoms with Gasteiger partial charge < -0.3 is 10.3 Å². The molecule has 3 aromatic rings. The van der Waals surface area contributed by atoms with Gasteiger partial charge in [0.25, 0.3) is 5.69 Å². The summed E-state index contributed by atoms with van der Waals surface area (Å²) in [4.78, 5) is 26.8. The summed E-state index contributed by atoms with van der Waals surface area (Å²) in [6.07, 6.45) is 5.17. The summed E-state index contributed by atoms with van der Waals surface area (Å²) in [5, 5.41) is 15.4. The molecule has 1 aliphatic rings. The van der Waals surface area contributed by atoms with Crippen LogP contribution in [0.5, 0.6) is 0 Å². The predicted molar refractivity (Wildman–Crippen MR) is 108 cm³/mol. The van der Waals surface area contributed by atoms with Crippen molar-refractivity contribution in [1.82, 2.24) is 10.3 Å². The summed E-state index contributed by atoms with van der Waals surface area (Å²) in [6, 6.07) is 13.1. The van der Waals surface area contributed by atoms with Crippen LogP contribution in [0.25, 0.3) is 10.9 Å². The third kappa shape index (κ3) is 3.63. The number of nitro groups is 1. The van der Waals surface area contributed by atoms with Crippen LogP contribution in [-0.2, 0) is 11.2 Å². The number of nitrogens with one attached hydrogen (secondary N) is 2. The van der Waals surface area contributed by atoms with Crippen LogP contribution in [-0.4, -0.2) is 21.9 Å². The zero-order chi connectivity index (χ0) is 19.7. The molecule has 6 nitrogen and oxygen atoms in total. The standard InChI is InChI=1S/C22H23N3O3/c1-2-14-5-4-8-18-20(13-23-22(14)18)19(12-21(26)24-16-9-10-16)15-6-3-7-17(11-15)25(27)28/h3-8,11,13,16,19,23H,2,9-10,12H2,1H3,(H,24,26). The van der Waals surface area contributed by atoms with Gasteiger partial charge in [-0.1, -0.05) is 37.3 Å². The SMILES string of the molecule is CCc1cccc2c(C(CC(=O)NC3CC3)c3cccc([N+](=O)[O-])c3)c[nH]c12. The molecule has 1 unspecified atom stereocenters.